The van der Waals surface area contributed by atoms with Gasteiger partial charge in [-0.25, -0.2) is 19.8 Å². The number of amides is 4. The summed E-state index contributed by atoms with van der Waals surface area (Å²) >= 11 is 12.6. The first-order valence-corrected chi connectivity index (χ1v) is 17.3. The van der Waals surface area contributed by atoms with Crippen molar-refractivity contribution in [1.82, 2.24) is 10.0 Å². The van der Waals surface area contributed by atoms with Gasteiger partial charge in [0.05, 0.1) is 48.5 Å². The predicted molar refractivity (Wildman–Crippen MR) is 187 cm³/mol. The molecule has 4 aliphatic heterocycles. The molecule has 0 spiro atoms. The first-order valence-electron chi connectivity index (χ1n) is 16.5. The molecule has 0 aliphatic carbocycles. The van der Waals surface area contributed by atoms with Crippen LogP contribution in [-0.2, 0) is 19.2 Å². The van der Waals surface area contributed by atoms with Crippen LogP contribution in [0.4, 0.5) is 11.4 Å². The number of benzene rings is 4. The van der Waals surface area contributed by atoms with Crippen molar-refractivity contribution >= 4 is 58.2 Å². The lowest BCUT2D eigenvalue weighted by Gasteiger charge is -2.35. The van der Waals surface area contributed by atoms with Crippen LogP contribution in [0.5, 0.6) is 11.5 Å². The van der Waals surface area contributed by atoms with Gasteiger partial charge in [-0.15, -0.1) is 0 Å². The fourth-order valence-electron chi connectivity index (χ4n) is 8.04. The quantitative estimate of drug-likeness (QED) is 0.198. The van der Waals surface area contributed by atoms with Crippen LogP contribution in [0, 0.1) is 11.8 Å². The molecule has 4 aromatic carbocycles. The molecule has 12 heteroatoms. The molecule has 50 heavy (non-hydrogen) atoms. The molecule has 0 radical (unpaired) electrons. The maximum atomic E-state index is 14.6. The Hall–Kier alpha value is -4.74. The summed E-state index contributed by atoms with van der Waals surface area (Å²) in [5.74, 6) is -2.23. The van der Waals surface area contributed by atoms with Gasteiger partial charge in [-0.1, -0.05) is 47.5 Å². The molecule has 4 amide bonds. The number of carbonyl (C=O) groups is 4. The molecule has 10 nitrogen and oxygen atoms in total. The molecule has 0 N–H and O–H groups in total. The molecule has 0 saturated carbocycles. The number of imide groups is 2. The number of rotatable bonds is 8. The zero-order chi connectivity index (χ0) is 34.8. The van der Waals surface area contributed by atoms with E-state index in [-0.39, 0.29) is 0 Å². The molecular weight excluding hydrogens is 679 g/mol. The highest BCUT2D eigenvalue weighted by Crippen LogP contribution is 2.60. The molecule has 8 rings (SSSR count). The van der Waals surface area contributed by atoms with Gasteiger partial charge in [0.2, 0.25) is 11.8 Å². The number of hydrogen-bond donors (Lipinski definition) is 0. The lowest BCUT2D eigenvalue weighted by Crippen LogP contribution is -2.50. The largest absolute Gasteiger partial charge is 0.494 e. The summed E-state index contributed by atoms with van der Waals surface area (Å²) in [6.07, 6.45) is 0. The van der Waals surface area contributed by atoms with Crippen LogP contribution in [0.25, 0.3) is 0 Å². The maximum absolute atomic E-state index is 14.6. The fraction of sp³-hybridized carbons (Fsp3) is 0.263. The van der Waals surface area contributed by atoms with Gasteiger partial charge in [0.1, 0.15) is 23.6 Å². The topological polar surface area (TPSA) is 99.7 Å². The second kappa shape index (κ2) is 12.5. The Labute approximate surface area is 298 Å². The highest BCUT2D eigenvalue weighted by molar-refractivity contribution is 6.31. The second-order valence-corrected chi connectivity index (χ2v) is 13.4. The van der Waals surface area contributed by atoms with Crippen molar-refractivity contribution in [2.24, 2.45) is 11.8 Å². The number of hydrazine groups is 1. The normalized spacial score (nSPS) is 26.1. The van der Waals surface area contributed by atoms with E-state index in [1.807, 2.05) is 23.9 Å². The highest BCUT2D eigenvalue weighted by Gasteiger charge is 2.73. The molecule has 6 atom stereocenters. The van der Waals surface area contributed by atoms with E-state index in [4.69, 9.17) is 32.7 Å². The zero-order valence-corrected chi connectivity index (χ0v) is 28.6. The average molecular weight is 712 g/mol. The minimum Gasteiger partial charge on any atom is -0.494 e. The van der Waals surface area contributed by atoms with E-state index in [0.29, 0.717) is 57.3 Å². The van der Waals surface area contributed by atoms with Crippen LogP contribution >= 0.6 is 23.2 Å². The SMILES string of the molecule is CCOc1ccc(N2C(=O)[C@H]3[C@@H](c4ccc(Cl)cc4)N4[C@H]5C(=O)N(c6ccc(OCC)cc6)C(=O)[C@H]5[C@@H](c5ccc(Cl)cc5)N4[C@H]3C2=O)cc1. The summed E-state index contributed by atoms with van der Waals surface area (Å²) in [7, 11) is 0. The average Bonchev–Trinajstić information content (AvgIpc) is 3.78. The number of ether oxygens (including phenoxy) is 2. The number of hydrogen-bond acceptors (Lipinski definition) is 8. The van der Waals surface area contributed by atoms with Crippen molar-refractivity contribution in [1.29, 1.82) is 0 Å². The third-order valence-electron chi connectivity index (χ3n) is 9.96. The molecule has 0 aromatic heterocycles. The minimum atomic E-state index is -0.999. The van der Waals surface area contributed by atoms with Crippen LogP contribution < -0.4 is 19.3 Å². The van der Waals surface area contributed by atoms with E-state index in [2.05, 4.69) is 0 Å². The number of fused-ring (bicyclic) bond motifs is 5. The third kappa shape index (κ3) is 4.92. The third-order valence-corrected chi connectivity index (χ3v) is 10.5. The second-order valence-electron chi connectivity index (χ2n) is 12.6. The van der Waals surface area contributed by atoms with Gasteiger partial charge in [-0.2, -0.15) is 0 Å². The lowest BCUT2D eigenvalue weighted by molar-refractivity contribution is -0.136. The Balaban J connectivity index is 1.28. The lowest BCUT2D eigenvalue weighted by atomic mass is 9.84. The van der Waals surface area contributed by atoms with Crippen LogP contribution in [0.15, 0.2) is 97.1 Å². The van der Waals surface area contributed by atoms with Crippen LogP contribution in [0.1, 0.15) is 37.1 Å². The standard InChI is InChI=1S/C38H32Cl2N4O6/c1-3-49-27-17-13-25(14-18-27)41-35(45)29-31(21-5-9-23(39)10-6-21)44-34-30(32(43(44)33(29)37(41)47)22-7-11-24(40)12-8-22)36(46)42(38(34)48)26-15-19-28(20-16-26)50-4-2/h5-20,29-34H,3-4H2,1-2H3/t29-,30-,31+,32+,33+,34+/m0/s1. The molecular formula is C38H32Cl2N4O6. The van der Waals surface area contributed by atoms with Gasteiger partial charge in [0, 0.05) is 10.0 Å². The van der Waals surface area contributed by atoms with Crippen LogP contribution in [-0.4, -0.2) is 58.9 Å². The van der Waals surface area contributed by atoms with E-state index < -0.39 is 59.6 Å². The molecule has 4 fully saturated rings. The first-order chi connectivity index (χ1) is 24.2. The molecule has 254 valence electrons. The van der Waals surface area contributed by atoms with E-state index in [1.54, 1.807) is 97.1 Å². The van der Waals surface area contributed by atoms with Gasteiger partial charge < -0.3 is 9.47 Å². The van der Waals surface area contributed by atoms with E-state index >= 15 is 0 Å². The Kier molecular flexibility index (Phi) is 8.14. The summed E-state index contributed by atoms with van der Waals surface area (Å²) in [4.78, 5) is 60.9. The van der Waals surface area contributed by atoms with Crippen molar-refractivity contribution in [3.8, 4) is 11.5 Å². The summed E-state index contributed by atoms with van der Waals surface area (Å²) in [6, 6.07) is 24.2. The molecule has 0 bridgehead atoms. The van der Waals surface area contributed by atoms with Crippen molar-refractivity contribution in [2.75, 3.05) is 23.0 Å². The summed E-state index contributed by atoms with van der Waals surface area (Å²) in [5, 5.41) is 4.64. The molecule has 4 aliphatic rings. The molecule has 0 unspecified atom stereocenters. The fourth-order valence-corrected chi connectivity index (χ4v) is 8.29. The summed E-state index contributed by atoms with van der Waals surface area (Å²) in [6.45, 7) is 4.70. The smallest absolute Gasteiger partial charge is 0.253 e. The Morgan fingerprint density at radius 1 is 0.480 bits per heavy atom. The van der Waals surface area contributed by atoms with E-state index in [9.17, 15) is 19.2 Å². The van der Waals surface area contributed by atoms with Gasteiger partial charge in [-0.05, 0) is 97.8 Å². The van der Waals surface area contributed by atoms with Gasteiger partial charge in [0.15, 0.2) is 0 Å². The van der Waals surface area contributed by atoms with Crippen molar-refractivity contribution in [3.05, 3.63) is 118 Å². The van der Waals surface area contributed by atoms with Gasteiger partial charge >= 0.3 is 0 Å². The van der Waals surface area contributed by atoms with Crippen molar-refractivity contribution in [2.45, 2.75) is 38.0 Å². The predicted octanol–water partition coefficient (Wildman–Crippen LogP) is 6.24. The number of carbonyl (C=O) groups excluding carboxylic acids is 4. The summed E-state index contributed by atoms with van der Waals surface area (Å²) < 4.78 is 11.2. The molecule has 4 aromatic rings. The first kappa shape index (κ1) is 32.5. The number of halogens is 2. The zero-order valence-electron chi connectivity index (χ0n) is 27.1. The molecule has 4 saturated heterocycles. The van der Waals surface area contributed by atoms with Gasteiger partial charge in [0.25, 0.3) is 11.8 Å². The Morgan fingerprint density at radius 3 is 1.14 bits per heavy atom. The van der Waals surface area contributed by atoms with Crippen LogP contribution in [0.2, 0.25) is 10.0 Å². The number of nitrogens with zero attached hydrogens (tertiary/aromatic N) is 4. The Morgan fingerprint density at radius 2 is 0.820 bits per heavy atom. The maximum Gasteiger partial charge on any atom is 0.253 e. The van der Waals surface area contributed by atoms with Gasteiger partial charge in [-0.3, -0.25) is 19.2 Å². The van der Waals surface area contributed by atoms with E-state index in [0.717, 1.165) is 0 Å². The molecule has 4 heterocycles. The monoisotopic (exact) mass is 710 g/mol. The summed E-state index contributed by atoms with van der Waals surface area (Å²) in [5.41, 5.74) is 2.21. The van der Waals surface area contributed by atoms with Crippen molar-refractivity contribution in [3.63, 3.8) is 0 Å². The van der Waals surface area contributed by atoms with Crippen LogP contribution in [0.3, 0.4) is 0 Å². The highest BCUT2D eigenvalue weighted by atomic mass is 35.5. The minimum absolute atomic E-state index is 0.398. The van der Waals surface area contributed by atoms with Crippen molar-refractivity contribution < 1.29 is 28.7 Å². The van der Waals surface area contributed by atoms with E-state index in [1.165, 1.54) is 9.80 Å². The Bertz CT molecular complexity index is 1840. The number of anilines is 2.